The summed E-state index contributed by atoms with van der Waals surface area (Å²) in [5, 5.41) is 10.3. The van der Waals surface area contributed by atoms with Gasteiger partial charge in [0.15, 0.2) is 5.11 Å². The minimum atomic E-state index is -0.345. The van der Waals surface area contributed by atoms with Gasteiger partial charge < -0.3 is 16.0 Å². The molecule has 1 amide bonds. The number of carbonyl (C=O) groups is 1. The highest BCUT2D eigenvalue weighted by Crippen LogP contribution is 2.29. The maximum atomic E-state index is 12.6. The van der Waals surface area contributed by atoms with Crippen LogP contribution in [0.4, 0.5) is 17.1 Å². The number of nitrogens with one attached hydrogen (secondary N) is 3. The summed E-state index contributed by atoms with van der Waals surface area (Å²) in [4.78, 5) is 13.5. The summed E-state index contributed by atoms with van der Waals surface area (Å²) in [5.74, 6) is -0.163. The number of carbonyl (C=O) groups excluding carboxylic acids is 1. The van der Waals surface area contributed by atoms with Crippen molar-refractivity contribution >= 4 is 75.3 Å². The maximum absolute atomic E-state index is 12.6. The van der Waals surface area contributed by atoms with Crippen molar-refractivity contribution in [2.75, 3.05) is 16.0 Å². The Morgan fingerprint density at radius 3 is 2.39 bits per heavy atom. The minimum Gasteiger partial charge on any atom is -0.332 e. The SMILES string of the molecule is Cc1ccc(NC(=S)Nc2cccc(SC(C)C(=O)Nc3cc(Cl)ccc3Cl)c2)cc1. The normalized spacial score (nSPS) is 11.5. The number of amides is 1. The lowest BCUT2D eigenvalue weighted by molar-refractivity contribution is -0.115. The van der Waals surface area contributed by atoms with Gasteiger partial charge in [0.1, 0.15) is 0 Å². The molecule has 0 bridgehead atoms. The molecule has 0 saturated heterocycles. The van der Waals surface area contributed by atoms with E-state index < -0.39 is 0 Å². The Labute approximate surface area is 201 Å². The van der Waals surface area contributed by atoms with Crippen LogP contribution in [0.25, 0.3) is 0 Å². The van der Waals surface area contributed by atoms with Crippen molar-refractivity contribution in [3.8, 4) is 0 Å². The maximum Gasteiger partial charge on any atom is 0.237 e. The van der Waals surface area contributed by atoms with Crippen LogP contribution < -0.4 is 16.0 Å². The highest BCUT2D eigenvalue weighted by atomic mass is 35.5. The van der Waals surface area contributed by atoms with Gasteiger partial charge in [-0.2, -0.15) is 0 Å². The number of thiocarbonyl (C=S) groups is 1. The molecular formula is C23H21Cl2N3OS2. The number of aryl methyl sites for hydroxylation is 1. The first kappa shape index (κ1) is 23.4. The van der Waals surface area contributed by atoms with Gasteiger partial charge >= 0.3 is 0 Å². The van der Waals surface area contributed by atoms with Crippen LogP contribution in [0.2, 0.25) is 10.0 Å². The van der Waals surface area contributed by atoms with Gasteiger partial charge in [-0.25, -0.2) is 0 Å². The lowest BCUT2D eigenvalue weighted by Crippen LogP contribution is -2.22. The zero-order valence-corrected chi connectivity index (χ0v) is 20.1. The van der Waals surface area contributed by atoms with E-state index in [9.17, 15) is 4.79 Å². The van der Waals surface area contributed by atoms with Gasteiger partial charge in [-0.05, 0) is 74.6 Å². The number of anilines is 3. The molecule has 0 spiro atoms. The molecule has 3 aromatic rings. The topological polar surface area (TPSA) is 53.2 Å². The van der Waals surface area contributed by atoms with Crippen molar-refractivity contribution in [2.45, 2.75) is 24.0 Å². The lowest BCUT2D eigenvalue weighted by atomic mass is 10.2. The highest BCUT2D eigenvalue weighted by molar-refractivity contribution is 8.00. The molecule has 3 aromatic carbocycles. The molecule has 0 radical (unpaired) electrons. The predicted molar refractivity (Wildman–Crippen MR) is 138 cm³/mol. The van der Waals surface area contributed by atoms with Gasteiger partial charge in [0.25, 0.3) is 0 Å². The van der Waals surface area contributed by atoms with E-state index >= 15 is 0 Å². The monoisotopic (exact) mass is 489 g/mol. The predicted octanol–water partition coefficient (Wildman–Crippen LogP) is 7.23. The first-order valence-electron chi connectivity index (χ1n) is 9.47. The molecule has 4 nitrogen and oxygen atoms in total. The summed E-state index contributed by atoms with van der Waals surface area (Å²) in [6.07, 6.45) is 0. The van der Waals surface area contributed by atoms with Gasteiger partial charge in [-0.15, -0.1) is 11.8 Å². The average Bonchev–Trinajstić information content (AvgIpc) is 2.72. The number of benzene rings is 3. The van der Waals surface area contributed by atoms with Crippen LogP contribution in [-0.2, 0) is 4.79 Å². The van der Waals surface area contributed by atoms with Crippen LogP contribution in [0.3, 0.4) is 0 Å². The molecule has 0 aliphatic rings. The van der Waals surface area contributed by atoms with Crippen molar-refractivity contribution in [3.63, 3.8) is 0 Å². The number of thioether (sulfide) groups is 1. The third-order valence-corrected chi connectivity index (χ3v) is 6.13. The zero-order valence-electron chi connectivity index (χ0n) is 16.9. The highest BCUT2D eigenvalue weighted by Gasteiger charge is 2.16. The van der Waals surface area contributed by atoms with Gasteiger partial charge in [0.2, 0.25) is 5.91 Å². The van der Waals surface area contributed by atoms with Crippen molar-refractivity contribution in [3.05, 3.63) is 82.3 Å². The standard InChI is InChI=1S/C23H21Cl2N3OS2/c1-14-6-9-17(10-7-14)26-23(30)27-18-4-3-5-19(13-18)31-15(2)22(29)28-21-12-16(24)8-11-20(21)25/h3-13,15H,1-2H3,(H,28,29)(H2,26,27,30). The Kier molecular flexibility index (Phi) is 8.21. The second kappa shape index (κ2) is 10.9. The zero-order chi connectivity index (χ0) is 22.4. The van der Waals surface area contributed by atoms with Crippen LogP contribution in [0.1, 0.15) is 12.5 Å². The Morgan fingerprint density at radius 2 is 1.65 bits per heavy atom. The largest absolute Gasteiger partial charge is 0.332 e. The van der Waals surface area contributed by atoms with Crippen molar-refractivity contribution in [1.29, 1.82) is 0 Å². The third kappa shape index (κ3) is 7.14. The first-order chi connectivity index (χ1) is 14.8. The van der Waals surface area contributed by atoms with E-state index in [0.717, 1.165) is 16.3 Å². The molecule has 0 saturated carbocycles. The quantitative estimate of drug-likeness (QED) is 0.251. The van der Waals surface area contributed by atoms with Gasteiger partial charge in [0.05, 0.1) is 16.0 Å². The van der Waals surface area contributed by atoms with Crippen molar-refractivity contribution < 1.29 is 4.79 Å². The summed E-state index contributed by atoms with van der Waals surface area (Å²) in [7, 11) is 0. The molecule has 1 unspecified atom stereocenters. The van der Waals surface area contributed by atoms with E-state index in [4.69, 9.17) is 35.4 Å². The van der Waals surface area contributed by atoms with Crippen molar-refractivity contribution in [2.24, 2.45) is 0 Å². The number of rotatable bonds is 6. The van der Waals surface area contributed by atoms with E-state index in [1.807, 2.05) is 62.4 Å². The van der Waals surface area contributed by atoms with Crippen molar-refractivity contribution in [1.82, 2.24) is 0 Å². The Balaban J connectivity index is 1.59. The van der Waals surface area contributed by atoms with E-state index in [2.05, 4.69) is 16.0 Å². The van der Waals surface area contributed by atoms with Crippen LogP contribution in [0.15, 0.2) is 71.6 Å². The van der Waals surface area contributed by atoms with E-state index in [1.54, 1.807) is 18.2 Å². The number of hydrogen-bond acceptors (Lipinski definition) is 3. The summed E-state index contributed by atoms with van der Waals surface area (Å²) in [6, 6.07) is 20.7. The molecule has 3 rings (SSSR count). The van der Waals surface area contributed by atoms with E-state index in [0.29, 0.717) is 20.8 Å². The summed E-state index contributed by atoms with van der Waals surface area (Å²) < 4.78 is 0. The van der Waals surface area contributed by atoms with Gasteiger partial charge in [0, 0.05) is 21.3 Å². The number of hydrogen-bond donors (Lipinski definition) is 3. The van der Waals surface area contributed by atoms with Gasteiger partial charge in [-0.1, -0.05) is 47.0 Å². The second-order valence-electron chi connectivity index (χ2n) is 6.85. The fourth-order valence-electron chi connectivity index (χ4n) is 2.66. The Hall–Kier alpha value is -2.25. The average molecular weight is 490 g/mol. The molecule has 0 aromatic heterocycles. The van der Waals surface area contributed by atoms with Gasteiger partial charge in [-0.3, -0.25) is 4.79 Å². The van der Waals surface area contributed by atoms with E-state index in [-0.39, 0.29) is 11.2 Å². The molecule has 160 valence electrons. The van der Waals surface area contributed by atoms with E-state index in [1.165, 1.54) is 17.3 Å². The Morgan fingerprint density at radius 1 is 0.935 bits per heavy atom. The Bertz CT molecular complexity index is 1090. The summed E-state index contributed by atoms with van der Waals surface area (Å²) in [5.41, 5.74) is 3.43. The first-order valence-corrected chi connectivity index (χ1v) is 11.5. The molecule has 8 heteroatoms. The third-order valence-electron chi connectivity index (χ3n) is 4.27. The molecule has 0 fully saturated rings. The molecule has 0 heterocycles. The molecule has 31 heavy (non-hydrogen) atoms. The lowest BCUT2D eigenvalue weighted by Gasteiger charge is -2.15. The molecule has 0 aliphatic heterocycles. The molecule has 1 atom stereocenters. The molecule has 3 N–H and O–H groups in total. The van der Waals surface area contributed by atoms with Crippen LogP contribution in [0.5, 0.6) is 0 Å². The van der Waals surface area contributed by atoms with Crippen LogP contribution >= 0.6 is 47.2 Å². The fourth-order valence-corrected chi connectivity index (χ4v) is 4.16. The molecular weight excluding hydrogens is 469 g/mol. The van der Waals surface area contributed by atoms with Crippen LogP contribution in [-0.4, -0.2) is 16.3 Å². The minimum absolute atomic E-state index is 0.163. The fraction of sp³-hybridized carbons (Fsp3) is 0.130. The number of halogens is 2. The second-order valence-corrected chi connectivity index (χ2v) is 9.51. The van der Waals surface area contributed by atoms with Crippen LogP contribution in [0, 0.1) is 6.92 Å². The summed E-state index contributed by atoms with van der Waals surface area (Å²) >= 11 is 19.0. The smallest absolute Gasteiger partial charge is 0.237 e. The summed E-state index contributed by atoms with van der Waals surface area (Å²) in [6.45, 7) is 3.87. The molecule has 0 aliphatic carbocycles.